The summed E-state index contributed by atoms with van der Waals surface area (Å²) >= 11 is 0. The minimum atomic E-state index is -1.07. The number of nitrogens with one attached hydrogen (secondary N) is 1. The molecule has 1 aromatic rings. The maximum Gasteiger partial charge on any atom is 0.323 e. The highest BCUT2D eigenvalue weighted by molar-refractivity contribution is 5.89. The molecule has 0 saturated heterocycles. The van der Waals surface area contributed by atoms with E-state index in [1.54, 1.807) is 0 Å². The molecule has 2 N–H and O–H groups in total. The number of rotatable bonds is 4. The maximum atomic E-state index is 12.2. The molecule has 1 atom stereocenters. The van der Waals surface area contributed by atoms with Crippen LogP contribution in [0, 0.1) is 12.3 Å². The summed E-state index contributed by atoms with van der Waals surface area (Å²) in [6, 6.07) is 7.19. The summed E-state index contributed by atoms with van der Waals surface area (Å²) in [5.41, 5.74) is 1.97. The van der Waals surface area contributed by atoms with Crippen molar-refractivity contribution in [3.63, 3.8) is 0 Å². The van der Waals surface area contributed by atoms with Crippen molar-refractivity contribution in [2.45, 2.75) is 12.5 Å². The van der Waals surface area contributed by atoms with Crippen molar-refractivity contribution >= 4 is 17.6 Å². The molecule has 0 radical (unpaired) electrons. The molecular formula is C14H14N2O3. The molecular weight excluding hydrogens is 244 g/mol. The van der Waals surface area contributed by atoms with Gasteiger partial charge < -0.3 is 15.3 Å². The fourth-order valence-corrected chi connectivity index (χ4v) is 2.15. The summed E-state index contributed by atoms with van der Waals surface area (Å²) in [4.78, 5) is 24.2. The molecule has 0 fully saturated rings. The van der Waals surface area contributed by atoms with Gasteiger partial charge in [-0.15, -0.1) is 6.42 Å². The lowest BCUT2D eigenvalue weighted by Gasteiger charge is -2.22. The number of carboxylic acids is 1. The van der Waals surface area contributed by atoms with Crippen LogP contribution in [0.4, 0.5) is 5.69 Å². The minimum Gasteiger partial charge on any atom is -0.480 e. The number of hydrogen-bond acceptors (Lipinski definition) is 3. The van der Waals surface area contributed by atoms with Gasteiger partial charge in [-0.3, -0.25) is 9.59 Å². The molecule has 2 rings (SSSR count). The smallest absolute Gasteiger partial charge is 0.323 e. The van der Waals surface area contributed by atoms with E-state index in [4.69, 9.17) is 11.5 Å². The third-order valence-corrected chi connectivity index (χ3v) is 2.99. The molecule has 1 aliphatic rings. The zero-order chi connectivity index (χ0) is 13.8. The Morgan fingerprint density at radius 2 is 2.21 bits per heavy atom. The topological polar surface area (TPSA) is 69.6 Å². The SMILES string of the molecule is C#CCN(CC(=O)O)C(=O)C1Cc2ccccc2N1. The second-order valence-corrected chi connectivity index (χ2v) is 4.35. The van der Waals surface area contributed by atoms with Crippen molar-refractivity contribution in [2.24, 2.45) is 0 Å². The number of fused-ring (bicyclic) bond motifs is 1. The predicted octanol–water partition coefficient (Wildman–Crippen LogP) is 0.570. The van der Waals surface area contributed by atoms with E-state index < -0.39 is 12.0 Å². The summed E-state index contributed by atoms with van der Waals surface area (Å²) in [5, 5.41) is 11.9. The normalized spacial score (nSPS) is 16.1. The number of aliphatic carboxylic acids is 1. The molecule has 1 heterocycles. The number of carbonyl (C=O) groups excluding carboxylic acids is 1. The average Bonchev–Trinajstić information content (AvgIpc) is 2.80. The minimum absolute atomic E-state index is 0.000339. The van der Waals surface area contributed by atoms with E-state index in [1.807, 2.05) is 24.3 Å². The van der Waals surface area contributed by atoms with Crippen LogP contribution in [0.3, 0.4) is 0 Å². The van der Waals surface area contributed by atoms with Crippen molar-refractivity contribution in [2.75, 3.05) is 18.4 Å². The first-order chi connectivity index (χ1) is 9.11. The summed E-state index contributed by atoms with van der Waals surface area (Å²) in [5.74, 6) is 0.961. The van der Waals surface area contributed by atoms with Crippen molar-refractivity contribution in [3.05, 3.63) is 29.8 Å². The monoisotopic (exact) mass is 258 g/mol. The Labute approximate surface area is 111 Å². The van der Waals surface area contributed by atoms with Crippen LogP contribution in [0.2, 0.25) is 0 Å². The van der Waals surface area contributed by atoms with E-state index in [-0.39, 0.29) is 19.0 Å². The van der Waals surface area contributed by atoms with E-state index in [0.717, 1.165) is 11.3 Å². The predicted molar refractivity (Wildman–Crippen MR) is 70.6 cm³/mol. The van der Waals surface area contributed by atoms with Crippen LogP contribution >= 0.6 is 0 Å². The Morgan fingerprint density at radius 3 is 2.84 bits per heavy atom. The zero-order valence-electron chi connectivity index (χ0n) is 10.3. The van der Waals surface area contributed by atoms with Gasteiger partial charge >= 0.3 is 5.97 Å². The van der Waals surface area contributed by atoms with Gasteiger partial charge in [-0.2, -0.15) is 0 Å². The Kier molecular flexibility index (Phi) is 3.71. The molecule has 1 aromatic carbocycles. The van der Waals surface area contributed by atoms with Crippen molar-refractivity contribution < 1.29 is 14.7 Å². The Bertz CT molecular complexity index is 523. The van der Waals surface area contributed by atoms with Crippen LogP contribution in [0.5, 0.6) is 0 Å². The first-order valence-electron chi connectivity index (χ1n) is 5.90. The van der Waals surface area contributed by atoms with E-state index in [9.17, 15) is 9.59 Å². The van der Waals surface area contributed by atoms with Crippen LogP contribution < -0.4 is 5.32 Å². The number of hydrogen-bond donors (Lipinski definition) is 2. The molecule has 0 aliphatic carbocycles. The fourth-order valence-electron chi connectivity index (χ4n) is 2.15. The Balaban J connectivity index is 2.08. The molecule has 0 spiro atoms. The highest BCUT2D eigenvalue weighted by Crippen LogP contribution is 2.25. The molecule has 98 valence electrons. The van der Waals surface area contributed by atoms with Gasteiger partial charge in [0.25, 0.3) is 0 Å². The van der Waals surface area contributed by atoms with Crippen LogP contribution in [0.15, 0.2) is 24.3 Å². The van der Waals surface area contributed by atoms with Crippen LogP contribution in [0.25, 0.3) is 0 Å². The second-order valence-electron chi connectivity index (χ2n) is 4.35. The average molecular weight is 258 g/mol. The van der Waals surface area contributed by atoms with Gasteiger partial charge in [0, 0.05) is 12.1 Å². The third kappa shape index (κ3) is 2.86. The number of terminal acetylenes is 1. The molecule has 1 amide bonds. The van der Waals surface area contributed by atoms with E-state index in [1.165, 1.54) is 4.90 Å². The van der Waals surface area contributed by atoms with Crippen molar-refractivity contribution in [1.82, 2.24) is 4.90 Å². The number of para-hydroxylation sites is 1. The summed E-state index contributed by atoms with van der Waals surface area (Å²) in [7, 11) is 0. The molecule has 0 saturated carbocycles. The first kappa shape index (κ1) is 13.0. The molecule has 0 bridgehead atoms. The van der Waals surface area contributed by atoms with E-state index >= 15 is 0 Å². The summed E-state index contributed by atoms with van der Waals surface area (Å²) < 4.78 is 0. The third-order valence-electron chi connectivity index (χ3n) is 2.99. The molecule has 1 aliphatic heterocycles. The van der Waals surface area contributed by atoms with Gasteiger partial charge in [0.1, 0.15) is 12.6 Å². The fraction of sp³-hybridized carbons (Fsp3) is 0.286. The number of carbonyl (C=O) groups is 2. The lowest BCUT2D eigenvalue weighted by Crippen LogP contribution is -2.44. The number of benzene rings is 1. The van der Waals surface area contributed by atoms with Gasteiger partial charge in [0.15, 0.2) is 0 Å². The second kappa shape index (κ2) is 5.44. The number of amides is 1. The van der Waals surface area contributed by atoms with E-state index in [2.05, 4.69) is 11.2 Å². The van der Waals surface area contributed by atoms with Gasteiger partial charge in [-0.25, -0.2) is 0 Å². The molecule has 1 unspecified atom stereocenters. The van der Waals surface area contributed by atoms with Crippen molar-refractivity contribution in [1.29, 1.82) is 0 Å². The van der Waals surface area contributed by atoms with Crippen LogP contribution in [-0.2, 0) is 16.0 Å². The van der Waals surface area contributed by atoms with Crippen LogP contribution in [-0.4, -0.2) is 41.0 Å². The first-order valence-corrected chi connectivity index (χ1v) is 5.90. The lowest BCUT2D eigenvalue weighted by molar-refractivity contribution is -0.144. The standard InChI is InChI=1S/C14H14N2O3/c1-2-7-16(9-13(17)18)14(19)12-8-10-5-3-4-6-11(10)15-12/h1,3-6,12,15H,7-9H2,(H,17,18). The highest BCUT2D eigenvalue weighted by atomic mass is 16.4. The lowest BCUT2D eigenvalue weighted by atomic mass is 10.1. The Hall–Kier alpha value is -2.48. The summed E-state index contributed by atoms with van der Waals surface area (Å²) in [6.07, 6.45) is 5.72. The largest absolute Gasteiger partial charge is 0.480 e. The zero-order valence-corrected chi connectivity index (χ0v) is 10.3. The number of nitrogens with zero attached hydrogens (tertiary/aromatic N) is 1. The highest BCUT2D eigenvalue weighted by Gasteiger charge is 2.30. The molecule has 19 heavy (non-hydrogen) atoms. The number of anilines is 1. The van der Waals surface area contributed by atoms with Gasteiger partial charge in [0.2, 0.25) is 5.91 Å². The maximum absolute atomic E-state index is 12.2. The van der Waals surface area contributed by atoms with Gasteiger partial charge in [-0.05, 0) is 11.6 Å². The van der Waals surface area contributed by atoms with Gasteiger partial charge in [-0.1, -0.05) is 24.1 Å². The quantitative estimate of drug-likeness (QED) is 0.775. The molecule has 5 nitrogen and oxygen atoms in total. The van der Waals surface area contributed by atoms with Crippen LogP contribution in [0.1, 0.15) is 5.56 Å². The van der Waals surface area contributed by atoms with E-state index in [0.29, 0.717) is 6.42 Å². The molecule has 0 aromatic heterocycles. The molecule has 5 heteroatoms. The summed E-state index contributed by atoms with van der Waals surface area (Å²) in [6.45, 7) is -0.378. The Morgan fingerprint density at radius 1 is 1.47 bits per heavy atom. The number of carboxylic acid groups (broad SMARTS) is 1. The van der Waals surface area contributed by atoms with Gasteiger partial charge in [0.05, 0.1) is 6.54 Å². The van der Waals surface area contributed by atoms with Crippen molar-refractivity contribution in [3.8, 4) is 12.3 Å².